The van der Waals surface area contributed by atoms with Gasteiger partial charge >= 0.3 is 0 Å². The van der Waals surface area contributed by atoms with Gasteiger partial charge in [-0.05, 0) is 43.0 Å². The van der Waals surface area contributed by atoms with Gasteiger partial charge in [-0.25, -0.2) is 0 Å². The molecule has 1 aromatic rings. The lowest BCUT2D eigenvalue weighted by Gasteiger charge is -2.21. The van der Waals surface area contributed by atoms with Crippen molar-refractivity contribution in [1.82, 2.24) is 9.80 Å². The summed E-state index contributed by atoms with van der Waals surface area (Å²) >= 11 is 6.70. The van der Waals surface area contributed by atoms with Gasteiger partial charge in [-0.2, -0.15) is 0 Å². The summed E-state index contributed by atoms with van der Waals surface area (Å²) in [4.78, 5) is 29.4. The number of carbonyl (C=O) groups is 2. The summed E-state index contributed by atoms with van der Waals surface area (Å²) in [5, 5.41) is 0. The van der Waals surface area contributed by atoms with Crippen molar-refractivity contribution < 1.29 is 19.1 Å². The highest BCUT2D eigenvalue weighted by Crippen LogP contribution is 2.34. The largest absolute Gasteiger partial charge is 0.493 e. The fourth-order valence-corrected chi connectivity index (χ4v) is 4.96. The Labute approximate surface area is 187 Å². The number of likely N-dealkylation sites (tertiary alicyclic amines) is 1. The summed E-state index contributed by atoms with van der Waals surface area (Å²) < 4.78 is 11.1. The molecule has 0 aliphatic carbocycles. The van der Waals surface area contributed by atoms with E-state index in [0.29, 0.717) is 40.1 Å². The lowest BCUT2D eigenvalue weighted by atomic mass is 10.2. The van der Waals surface area contributed by atoms with Crippen molar-refractivity contribution in [2.24, 2.45) is 0 Å². The Bertz CT molecular complexity index is 832. The Hall–Kier alpha value is -2.06. The first-order valence-corrected chi connectivity index (χ1v) is 11.5. The van der Waals surface area contributed by atoms with Crippen molar-refractivity contribution in [2.45, 2.75) is 38.5 Å². The van der Waals surface area contributed by atoms with Crippen LogP contribution in [0.15, 0.2) is 23.1 Å². The average Bonchev–Trinajstić information content (AvgIpc) is 2.95. The van der Waals surface area contributed by atoms with Crippen LogP contribution in [0.2, 0.25) is 0 Å². The van der Waals surface area contributed by atoms with Crippen LogP contribution in [0.3, 0.4) is 0 Å². The predicted octanol–water partition coefficient (Wildman–Crippen LogP) is 4.09. The Morgan fingerprint density at radius 3 is 2.50 bits per heavy atom. The van der Waals surface area contributed by atoms with E-state index in [-0.39, 0.29) is 11.8 Å². The first kappa shape index (κ1) is 22.6. The number of ether oxygens (including phenoxy) is 2. The van der Waals surface area contributed by atoms with Crippen LogP contribution in [0, 0.1) is 0 Å². The van der Waals surface area contributed by atoms with E-state index in [1.807, 2.05) is 23.1 Å². The molecule has 2 heterocycles. The number of thioether (sulfide) groups is 1. The van der Waals surface area contributed by atoms with Crippen molar-refractivity contribution >= 4 is 46.2 Å². The van der Waals surface area contributed by atoms with Crippen LogP contribution >= 0.6 is 24.0 Å². The van der Waals surface area contributed by atoms with Crippen molar-refractivity contribution in [3.63, 3.8) is 0 Å². The molecule has 0 radical (unpaired) electrons. The Morgan fingerprint density at radius 1 is 1.13 bits per heavy atom. The second-order valence-electron chi connectivity index (χ2n) is 7.35. The molecule has 162 valence electrons. The molecule has 0 bridgehead atoms. The van der Waals surface area contributed by atoms with Crippen LogP contribution in [0.5, 0.6) is 11.5 Å². The van der Waals surface area contributed by atoms with E-state index in [9.17, 15) is 9.59 Å². The normalized spacial score (nSPS) is 18.7. The van der Waals surface area contributed by atoms with Gasteiger partial charge in [0.1, 0.15) is 4.32 Å². The van der Waals surface area contributed by atoms with E-state index in [2.05, 4.69) is 0 Å². The average molecular weight is 449 g/mol. The van der Waals surface area contributed by atoms with Gasteiger partial charge in [-0.1, -0.05) is 42.9 Å². The quantitative estimate of drug-likeness (QED) is 0.463. The first-order valence-electron chi connectivity index (χ1n) is 10.3. The first-order chi connectivity index (χ1) is 14.5. The molecule has 0 unspecified atom stereocenters. The molecule has 2 aliphatic rings. The maximum absolute atomic E-state index is 12.8. The van der Waals surface area contributed by atoms with Crippen LogP contribution < -0.4 is 9.47 Å². The Morgan fingerprint density at radius 2 is 1.83 bits per heavy atom. The van der Waals surface area contributed by atoms with Crippen molar-refractivity contribution in [3.05, 3.63) is 28.7 Å². The van der Waals surface area contributed by atoms with Crippen molar-refractivity contribution in [1.29, 1.82) is 0 Å². The highest BCUT2D eigenvalue weighted by molar-refractivity contribution is 8.26. The Balaban J connectivity index is 1.58. The fourth-order valence-electron chi connectivity index (χ4n) is 3.65. The lowest BCUT2D eigenvalue weighted by Crippen LogP contribution is -2.33. The minimum atomic E-state index is -0.109. The van der Waals surface area contributed by atoms with Crippen LogP contribution in [0.25, 0.3) is 6.08 Å². The molecular weight excluding hydrogens is 420 g/mol. The van der Waals surface area contributed by atoms with Crippen LogP contribution in [0.4, 0.5) is 0 Å². The zero-order valence-electron chi connectivity index (χ0n) is 17.5. The van der Waals surface area contributed by atoms with Gasteiger partial charge < -0.3 is 14.4 Å². The summed E-state index contributed by atoms with van der Waals surface area (Å²) in [6, 6.07) is 5.50. The highest BCUT2D eigenvalue weighted by atomic mass is 32.2. The fraction of sp³-hybridized carbons (Fsp3) is 0.500. The van der Waals surface area contributed by atoms with E-state index in [0.717, 1.165) is 31.5 Å². The number of nitrogens with zero attached hydrogens (tertiary/aromatic N) is 2. The van der Waals surface area contributed by atoms with Gasteiger partial charge in [-0.15, -0.1) is 0 Å². The Kier molecular flexibility index (Phi) is 8.16. The number of rotatable bonds is 7. The summed E-state index contributed by atoms with van der Waals surface area (Å²) in [5.74, 6) is 1.32. The molecule has 8 heteroatoms. The topological polar surface area (TPSA) is 59.1 Å². The predicted molar refractivity (Wildman–Crippen MR) is 124 cm³/mol. The van der Waals surface area contributed by atoms with Gasteiger partial charge in [0.15, 0.2) is 11.5 Å². The van der Waals surface area contributed by atoms with Gasteiger partial charge in [0.2, 0.25) is 5.91 Å². The number of benzene rings is 1. The van der Waals surface area contributed by atoms with E-state index >= 15 is 0 Å². The summed E-state index contributed by atoms with van der Waals surface area (Å²) in [5.41, 5.74) is 0.837. The van der Waals surface area contributed by atoms with E-state index in [1.54, 1.807) is 25.2 Å². The second kappa shape index (κ2) is 10.8. The molecule has 0 atom stereocenters. The molecule has 0 spiro atoms. The lowest BCUT2D eigenvalue weighted by molar-refractivity contribution is -0.131. The molecule has 1 aromatic carbocycles. The number of methoxy groups -OCH3 is 2. The molecule has 0 saturated carbocycles. The molecule has 3 rings (SSSR count). The second-order valence-corrected chi connectivity index (χ2v) is 9.02. The molecule has 2 fully saturated rings. The molecule has 2 aliphatic heterocycles. The zero-order valence-corrected chi connectivity index (χ0v) is 19.2. The minimum Gasteiger partial charge on any atom is -0.493 e. The van der Waals surface area contributed by atoms with E-state index < -0.39 is 0 Å². The van der Waals surface area contributed by atoms with Gasteiger partial charge in [0.05, 0.1) is 19.1 Å². The van der Waals surface area contributed by atoms with Gasteiger partial charge in [-0.3, -0.25) is 14.5 Å². The number of carbonyl (C=O) groups excluding carboxylic acids is 2. The number of thiocarbonyl (C=S) groups is 1. The zero-order chi connectivity index (χ0) is 21.5. The standard InChI is InChI=1S/C22H28N2O4S2/c1-27-17-10-9-16(14-18(17)28-2)15-19-21(26)24(22(29)30-19)13-7-8-20(25)23-11-5-3-4-6-12-23/h9-10,14-15H,3-8,11-13H2,1-2H3/b19-15-. The van der Waals surface area contributed by atoms with E-state index in [1.165, 1.54) is 24.6 Å². The maximum Gasteiger partial charge on any atom is 0.266 e. The number of hydrogen-bond donors (Lipinski definition) is 0. The van der Waals surface area contributed by atoms with Crippen molar-refractivity contribution in [3.8, 4) is 11.5 Å². The molecule has 2 amide bonds. The molecular formula is C22H28N2O4S2. The van der Waals surface area contributed by atoms with Crippen LogP contribution in [-0.2, 0) is 9.59 Å². The molecule has 30 heavy (non-hydrogen) atoms. The number of hydrogen-bond acceptors (Lipinski definition) is 6. The minimum absolute atomic E-state index is 0.109. The molecule has 0 N–H and O–H groups in total. The van der Waals surface area contributed by atoms with E-state index in [4.69, 9.17) is 21.7 Å². The third kappa shape index (κ3) is 5.55. The van der Waals surface area contributed by atoms with Crippen molar-refractivity contribution in [2.75, 3.05) is 33.9 Å². The monoisotopic (exact) mass is 448 g/mol. The van der Waals surface area contributed by atoms with Crippen LogP contribution in [-0.4, -0.2) is 59.8 Å². The van der Waals surface area contributed by atoms with Gasteiger partial charge in [0.25, 0.3) is 5.91 Å². The number of amides is 2. The summed E-state index contributed by atoms with van der Waals surface area (Å²) in [6.45, 7) is 2.18. The molecule has 2 saturated heterocycles. The molecule has 0 aromatic heterocycles. The summed E-state index contributed by atoms with van der Waals surface area (Å²) in [6.07, 6.45) is 7.45. The third-order valence-electron chi connectivity index (χ3n) is 5.31. The smallest absolute Gasteiger partial charge is 0.266 e. The van der Waals surface area contributed by atoms with Crippen LogP contribution in [0.1, 0.15) is 44.1 Å². The molecule has 6 nitrogen and oxygen atoms in total. The van der Waals surface area contributed by atoms with Gasteiger partial charge in [0, 0.05) is 26.1 Å². The SMILES string of the molecule is COc1ccc(/C=C2\SC(=S)N(CCCC(=O)N3CCCCCC3)C2=O)cc1OC. The third-order valence-corrected chi connectivity index (χ3v) is 6.69. The summed E-state index contributed by atoms with van der Waals surface area (Å²) in [7, 11) is 3.16. The maximum atomic E-state index is 12.8. The highest BCUT2D eigenvalue weighted by Gasteiger charge is 2.31.